The van der Waals surface area contributed by atoms with E-state index in [0.717, 1.165) is 40.6 Å². The molecule has 0 saturated carbocycles. The largest absolute Gasteiger partial charge is 0.353 e. The molecular formula is C27H26N4O2S. The van der Waals surface area contributed by atoms with Crippen LogP contribution in [0.3, 0.4) is 0 Å². The lowest BCUT2D eigenvalue weighted by atomic mass is 10.1. The Bertz CT molecular complexity index is 1270. The number of carbonyl (C=O) groups is 2. The van der Waals surface area contributed by atoms with Gasteiger partial charge in [0.05, 0.1) is 10.6 Å². The van der Waals surface area contributed by atoms with Crippen LogP contribution in [0, 0.1) is 6.92 Å². The van der Waals surface area contributed by atoms with Gasteiger partial charge in [-0.1, -0.05) is 47.7 Å². The molecular weight excluding hydrogens is 444 g/mol. The van der Waals surface area contributed by atoms with Crippen molar-refractivity contribution >= 4 is 41.2 Å². The number of hydrogen-bond acceptors (Lipinski definition) is 5. The Morgan fingerprint density at radius 1 is 1.00 bits per heavy atom. The highest BCUT2D eigenvalue weighted by Crippen LogP contribution is 2.42. The molecule has 6 nitrogen and oxygen atoms in total. The molecule has 0 radical (unpaired) electrons. The van der Waals surface area contributed by atoms with Crippen molar-refractivity contribution in [3.8, 4) is 0 Å². The highest BCUT2D eigenvalue weighted by molar-refractivity contribution is 8.04. The fourth-order valence-electron chi connectivity index (χ4n) is 4.30. The Labute approximate surface area is 203 Å². The van der Waals surface area contributed by atoms with Gasteiger partial charge in [0.2, 0.25) is 0 Å². The van der Waals surface area contributed by atoms with Gasteiger partial charge in [-0.25, -0.2) is 4.98 Å². The molecule has 1 saturated heterocycles. The van der Waals surface area contributed by atoms with E-state index in [9.17, 15) is 9.59 Å². The van der Waals surface area contributed by atoms with Gasteiger partial charge in [-0.2, -0.15) is 0 Å². The van der Waals surface area contributed by atoms with Crippen molar-refractivity contribution in [3.05, 3.63) is 88.5 Å². The zero-order valence-corrected chi connectivity index (χ0v) is 20.1. The molecule has 0 atom stereocenters. The average molecular weight is 471 g/mol. The zero-order valence-electron chi connectivity index (χ0n) is 19.3. The van der Waals surface area contributed by atoms with Gasteiger partial charge in [-0.05, 0) is 48.9 Å². The summed E-state index contributed by atoms with van der Waals surface area (Å²) in [7, 11) is 1.77. The summed E-state index contributed by atoms with van der Waals surface area (Å²) in [5.74, 6) is 0.873. The number of nitrogens with zero attached hydrogens (tertiary/aromatic N) is 4. The Hall–Kier alpha value is -3.58. The van der Waals surface area contributed by atoms with E-state index in [-0.39, 0.29) is 11.8 Å². The third-order valence-corrected chi connectivity index (χ3v) is 7.26. The fraction of sp³-hybridized carbons (Fsp3) is 0.222. The van der Waals surface area contributed by atoms with Crippen LogP contribution in [-0.2, 0) is 4.79 Å². The molecule has 1 fully saturated rings. The first-order chi connectivity index (χ1) is 16.5. The fourth-order valence-corrected chi connectivity index (χ4v) is 5.39. The maximum absolute atomic E-state index is 13.2. The second kappa shape index (κ2) is 9.35. The van der Waals surface area contributed by atoms with E-state index in [0.29, 0.717) is 23.6 Å². The van der Waals surface area contributed by atoms with Gasteiger partial charge in [-0.15, -0.1) is 0 Å². The molecule has 0 bridgehead atoms. The molecule has 172 valence electrons. The van der Waals surface area contributed by atoms with Crippen LogP contribution < -0.4 is 9.80 Å². The number of aryl methyl sites for hydroxylation is 1. The Balaban J connectivity index is 1.32. The quantitative estimate of drug-likeness (QED) is 0.529. The lowest BCUT2D eigenvalue weighted by Gasteiger charge is -2.35. The average Bonchev–Trinajstić information content (AvgIpc) is 2.87. The first-order valence-corrected chi connectivity index (χ1v) is 12.1. The minimum atomic E-state index is -0.0624. The number of fused-ring (bicyclic) bond motifs is 1. The standard InChI is InChI=1S/C27H26N4O2S/c1-19-6-5-7-20(16-19)17-24-27(33)29(2)22-18-21(9-10-23(22)34-24)26(32)31-14-12-30(13-15-31)25-8-3-4-11-28-25/h3-11,16-18H,12-15H2,1-2H3/b24-17-. The van der Waals surface area contributed by atoms with Gasteiger partial charge in [0.25, 0.3) is 11.8 Å². The van der Waals surface area contributed by atoms with E-state index in [2.05, 4.69) is 16.0 Å². The number of carbonyl (C=O) groups excluding carboxylic acids is 2. The van der Waals surface area contributed by atoms with E-state index >= 15 is 0 Å². The number of piperazine rings is 1. The molecule has 0 N–H and O–H groups in total. The number of amides is 2. The molecule has 2 aliphatic heterocycles. The van der Waals surface area contributed by atoms with Crippen molar-refractivity contribution < 1.29 is 9.59 Å². The van der Waals surface area contributed by atoms with Gasteiger partial charge in [0.15, 0.2) is 0 Å². The number of pyridine rings is 1. The van der Waals surface area contributed by atoms with Gasteiger partial charge in [-0.3, -0.25) is 9.59 Å². The van der Waals surface area contributed by atoms with Crippen LogP contribution in [0.1, 0.15) is 21.5 Å². The summed E-state index contributed by atoms with van der Waals surface area (Å²) >= 11 is 1.45. The van der Waals surface area contributed by atoms with Crippen LogP contribution in [-0.4, -0.2) is 54.9 Å². The minimum Gasteiger partial charge on any atom is -0.353 e. The van der Waals surface area contributed by atoms with Crippen molar-refractivity contribution in [2.45, 2.75) is 11.8 Å². The number of rotatable bonds is 3. The summed E-state index contributed by atoms with van der Waals surface area (Å²) in [5, 5.41) is 0. The number of aromatic nitrogens is 1. The molecule has 7 heteroatoms. The van der Waals surface area contributed by atoms with Gasteiger partial charge < -0.3 is 14.7 Å². The first kappa shape index (κ1) is 22.2. The molecule has 2 amide bonds. The summed E-state index contributed by atoms with van der Waals surface area (Å²) in [6, 6.07) is 19.6. The van der Waals surface area contributed by atoms with Crippen LogP contribution in [0.2, 0.25) is 0 Å². The van der Waals surface area contributed by atoms with E-state index in [1.165, 1.54) is 11.8 Å². The molecule has 0 unspecified atom stereocenters. The number of hydrogen-bond donors (Lipinski definition) is 0. The molecule has 2 aliphatic rings. The van der Waals surface area contributed by atoms with Crippen molar-refractivity contribution in [1.29, 1.82) is 0 Å². The van der Waals surface area contributed by atoms with E-state index in [1.54, 1.807) is 18.1 Å². The number of anilines is 2. The summed E-state index contributed by atoms with van der Waals surface area (Å²) in [5.41, 5.74) is 3.54. The maximum atomic E-state index is 13.2. The van der Waals surface area contributed by atoms with Gasteiger partial charge in [0, 0.05) is 49.9 Å². The first-order valence-electron chi connectivity index (χ1n) is 11.3. The van der Waals surface area contributed by atoms with Gasteiger partial charge in [0.1, 0.15) is 5.82 Å². The number of thioether (sulfide) groups is 1. The minimum absolute atomic E-state index is 0.00424. The molecule has 1 aromatic heterocycles. The summed E-state index contributed by atoms with van der Waals surface area (Å²) < 4.78 is 0. The van der Waals surface area contributed by atoms with E-state index in [4.69, 9.17) is 0 Å². The van der Waals surface area contributed by atoms with Crippen molar-refractivity contribution in [2.24, 2.45) is 0 Å². The second-order valence-corrected chi connectivity index (χ2v) is 9.62. The van der Waals surface area contributed by atoms with Crippen molar-refractivity contribution in [3.63, 3.8) is 0 Å². The topological polar surface area (TPSA) is 56.8 Å². The second-order valence-electron chi connectivity index (χ2n) is 8.54. The Morgan fingerprint density at radius 2 is 1.82 bits per heavy atom. The normalized spacial score (nSPS) is 17.2. The van der Waals surface area contributed by atoms with E-state index < -0.39 is 0 Å². The predicted octanol–water partition coefficient (Wildman–Crippen LogP) is 4.46. The van der Waals surface area contributed by atoms with Crippen LogP contribution in [0.5, 0.6) is 0 Å². The van der Waals surface area contributed by atoms with Crippen molar-refractivity contribution in [1.82, 2.24) is 9.88 Å². The molecule has 0 aliphatic carbocycles. The van der Waals surface area contributed by atoms with Crippen LogP contribution >= 0.6 is 11.8 Å². The van der Waals surface area contributed by atoms with E-state index in [1.807, 2.05) is 72.5 Å². The highest BCUT2D eigenvalue weighted by Gasteiger charge is 2.29. The van der Waals surface area contributed by atoms with Crippen LogP contribution in [0.25, 0.3) is 6.08 Å². The molecule has 3 heterocycles. The van der Waals surface area contributed by atoms with Gasteiger partial charge >= 0.3 is 0 Å². The van der Waals surface area contributed by atoms with Crippen molar-refractivity contribution in [2.75, 3.05) is 43.0 Å². The maximum Gasteiger partial charge on any atom is 0.264 e. The van der Waals surface area contributed by atoms with Crippen LogP contribution in [0.4, 0.5) is 11.5 Å². The molecule has 3 aromatic rings. The Morgan fingerprint density at radius 3 is 2.56 bits per heavy atom. The molecule has 5 rings (SSSR count). The zero-order chi connectivity index (χ0) is 23.7. The lowest BCUT2D eigenvalue weighted by molar-refractivity contribution is -0.114. The monoisotopic (exact) mass is 470 g/mol. The molecule has 2 aromatic carbocycles. The molecule has 34 heavy (non-hydrogen) atoms. The number of benzene rings is 2. The SMILES string of the molecule is Cc1cccc(/C=C2\Sc3ccc(C(=O)N4CCN(c5ccccn5)CC4)cc3N(C)C2=O)c1. The lowest BCUT2D eigenvalue weighted by Crippen LogP contribution is -2.49. The summed E-state index contributed by atoms with van der Waals surface area (Å²) in [4.78, 5) is 38.1. The number of likely N-dealkylation sites (N-methyl/N-ethyl adjacent to an activating group) is 1. The summed E-state index contributed by atoms with van der Waals surface area (Å²) in [6.07, 6.45) is 3.72. The smallest absolute Gasteiger partial charge is 0.264 e. The predicted molar refractivity (Wildman–Crippen MR) is 137 cm³/mol. The van der Waals surface area contributed by atoms with Crippen LogP contribution in [0.15, 0.2) is 76.7 Å². The third kappa shape index (κ3) is 4.43. The summed E-state index contributed by atoms with van der Waals surface area (Å²) in [6.45, 7) is 4.80. The third-order valence-electron chi connectivity index (χ3n) is 6.18. The highest BCUT2D eigenvalue weighted by atomic mass is 32.2. The molecule has 0 spiro atoms. The Kier molecular flexibility index (Phi) is 6.11.